The molecule has 0 spiro atoms. The Balaban J connectivity index is 1.36. The van der Waals surface area contributed by atoms with E-state index in [4.69, 9.17) is 24.4 Å². The van der Waals surface area contributed by atoms with Crippen LogP contribution in [0.3, 0.4) is 0 Å². The SMILES string of the molecule is COc1cc(/C=C2\C(=N)N3N=C(c4cccc(C)c4)SC3=NC2=O)cc(OC)c1OCCOc1ccccc1C. The Labute approximate surface area is 236 Å². The van der Waals surface area contributed by atoms with Crippen molar-refractivity contribution < 1.29 is 23.7 Å². The first-order valence-corrected chi connectivity index (χ1v) is 13.3. The fraction of sp³-hybridized carbons (Fsp3) is 0.200. The molecule has 0 saturated carbocycles. The lowest BCUT2D eigenvalue weighted by molar-refractivity contribution is -0.114. The van der Waals surface area contributed by atoms with Crippen molar-refractivity contribution in [2.45, 2.75) is 13.8 Å². The lowest BCUT2D eigenvalue weighted by Crippen LogP contribution is -2.35. The van der Waals surface area contributed by atoms with Gasteiger partial charge in [-0.3, -0.25) is 10.2 Å². The molecule has 0 saturated heterocycles. The normalized spacial score (nSPS) is 15.5. The molecule has 3 aromatic carbocycles. The molecule has 2 aliphatic heterocycles. The van der Waals surface area contributed by atoms with E-state index in [2.05, 4.69) is 10.1 Å². The van der Waals surface area contributed by atoms with Crippen LogP contribution < -0.4 is 18.9 Å². The number of aliphatic imine (C=N–C) groups is 1. The van der Waals surface area contributed by atoms with Crippen LogP contribution >= 0.6 is 11.8 Å². The fourth-order valence-corrected chi connectivity index (χ4v) is 5.08. The molecule has 0 atom stereocenters. The van der Waals surface area contributed by atoms with Crippen LogP contribution in [-0.4, -0.2) is 54.4 Å². The van der Waals surface area contributed by atoms with E-state index in [1.165, 1.54) is 31.0 Å². The quantitative estimate of drug-likeness (QED) is 0.276. The van der Waals surface area contributed by atoms with Crippen LogP contribution in [-0.2, 0) is 4.79 Å². The van der Waals surface area contributed by atoms with Crippen LogP contribution in [0.1, 0.15) is 22.3 Å². The van der Waals surface area contributed by atoms with Crippen LogP contribution in [0.15, 0.2) is 76.3 Å². The molecular weight excluding hydrogens is 528 g/mol. The predicted octanol–water partition coefficient (Wildman–Crippen LogP) is 5.45. The highest BCUT2D eigenvalue weighted by atomic mass is 32.2. The molecule has 0 bridgehead atoms. The van der Waals surface area contributed by atoms with E-state index in [9.17, 15) is 4.79 Å². The zero-order chi connectivity index (χ0) is 28.2. The molecule has 9 nitrogen and oxygen atoms in total. The molecule has 2 heterocycles. The number of aryl methyl sites for hydroxylation is 2. The van der Waals surface area contributed by atoms with Crippen LogP contribution in [0, 0.1) is 19.3 Å². The van der Waals surface area contributed by atoms with Crippen molar-refractivity contribution in [1.82, 2.24) is 5.01 Å². The second kappa shape index (κ2) is 11.7. The van der Waals surface area contributed by atoms with Gasteiger partial charge in [0.15, 0.2) is 17.3 Å². The standard InChI is InChI=1S/C30H28N4O5S/c1-18-8-7-10-21(14-18)29-33-34-27(31)22(28(35)32-30(34)40-29)15-20-16-24(36-3)26(25(17-20)37-4)39-13-12-38-23-11-6-5-9-19(23)2/h5-11,14-17,31H,12-13H2,1-4H3/b22-15+,31-27?. The van der Waals surface area contributed by atoms with Crippen molar-refractivity contribution >= 4 is 39.8 Å². The van der Waals surface area contributed by atoms with Gasteiger partial charge in [0.25, 0.3) is 5.91 Å². The topological polar surface area (TPSA) is 106 Å². The molecule has 0 aliphatic carbocycles. The third kappa shape index (κ3) is 5.57. The summed E-state index contributed by atoms with van der Waals surface area (Å²) >= 11 is 1.27. The minimum absolute atomic E-state index is 0.0585. The second-order valence-electron chi connectivity index (χ2n) is 9.01. The number of nitrogens with zero attached hydrogens (tertiary/aromatic N) is 3. The number of nitrogens with one attached hydrogen (secondary N) is 1. The summed E-state index contributed by atoms with van der Waals surface area (Å²) < 4.78 is 22.9. The van der Waals surface area contributed by atoms with Crippen LogP contribution in [0.5, 0.6) is 23.0 Å². The summed E-state index contributed by atoms with van der Waals surface area (Å²) in [6.45, 7) is 4.57. The summed E-state index contributed by atoms with van der Waals surface area (Å²) in [5.74, 6) is 1.46. The Hall–Kier alpha value is -4.57. The number of para-hydroxylation sites is 1. The maximum Gasteiger partial charge on any atom is 0.283 e. The smallest absolute Gasteiger partial charge is 0.283 e. The first-order chi connectivity index (χ1) is 19.4. The first-order valence-electron chi connectivity index (χ1n) is 12.5. The van der Waals surface area contributed by atoms with Gasteiger partial charge in [0.1, 0.15) is 24.0 Å². The molecule has 0 aromatic heterocycles. The van der Waals surface area contributed by atoms with Crippen molar-refractivity contribution in [1.29, 1.82) is 5.41 Å². The number of methoxy groups -OCH3 is 2. The number of amidine groups is 2. The van der Waals surface area contributed by atoms with Crippen molar-refractivity contribution in [3.05, 3.63) is 88.5 Å². The molecule has 10 heteroatoms. The monoisotopic (exact) mass is 556 g/mol. The maximum absolute atomic E-state index is 13.0. The number of amides is 1. The van der Waals surface area contributed by atoms with E-state index in [0.29, 0.717) is 39.6 Å². The average Bonchev–Trinajstić information content (AvgIpc) is 3.38. The molecule has 204 valence electrons. The molecule has 40 heavy (non-hydrogen) atoms. The molecule has 5 rings (SSSR count). The molecule has 3 aromatic rings. The van der Waals surface area contributed by atoms with E-state index in [1.807, 2.05) is 62.4 Å². The van der Waals surface area contributed by atoms with Gasteiger partial charge in [-0.2, -0.15) is 15.1 Å². The number of ether oxygens (including phenoxy) is 4. The van der Waals surface area contributed by atoms with E-state index >= 15 is 0 Å². The zero-order valence-electron chi connectivity index (χ0n) is 22.6. The van der Waals surface area contributed by atoms with Gasteiger partial charge in [-0.05, 0) is 67.1 Å². The van der Waals surface area contributed by atoms with Gasteiger partial charge in [0, 0.05) is 5.56 Å². The van der Waals surface area contributed by atoms with Crippen LogP contribution in [0.4, 0.5) is 0 Å². The molecule has 0 radical (unpaired) electrons. The highest BCUT2D eigenvalue weighted by Gasteiger charge is 2.36. The van der Waals surface area contributed by atoms with Crippen molar-refractivity contribution in [3.63, 3.8) is 0 Å². The van der Waals surface area contributed by atoms with Crippen molar-refractivity contribution in [3.8, 4) is 23.0 Å². The number of benzene rings is 3. The minimum Gasteiger partial charge on any atom is -0.493 e. The summed E-state index contributed by atoms with van der Waals surface area (Å²) in [6.07, 6.45) is 1.58. The number of fused-ring (bicyclic) bond motifs is 1. The first kappa shape index (κ1) is 27.0. The molecule has 1 N–H and O–H groups in total. The average molecular weight is 557 g/mol. The van der Waals surface area contributed by atoms with E-state index in [-0.39, 0.29) is 18.0 Å². The molecule has 1 amide bonds. The Morgan fingerprint density at radius 1 is 0.925 bits per heavy atom. The summed E-state index contributed by atoms with van der Waals surface area (Å²) in [4.78, 5) is 17.1. The van der Waals surface area contributed by atoms with Gasteiger partial charge in [-0.1, -0.05) is 42.0 Å². The number of hydrogen-bond donors (Lipinski definition) is 1. The molecule has 2 aliphatic rings. The summed E-state index contributed by atoms with van der Waals surface area (Å²) in [6, 6.07) is 19.1. The maximum atomic E-state index is 13.0. The van der Waals surface area contributed by atoms with Gasteiger partial charge in [0.05, 0.1) is 19.8 Å². The summed E-state index contributed by atoms with van der Waals surface area (Å²) in [5, 5.41) is 15.7. The van der Waals surface area contributed by atoms with Gasteiger partial charge >= 0.3 is 0 Å². The summed E-state index contributed by atoms with van der Waals surface area (Å²) in [5.41, 5.74) is 3.72. The van der Waals surface area contributed by atoms with Crippen molar-refractivity contribution in [2.75, 3.05) is 27.4 Å². The Morgan fingerprint density at radius 2 is 1.65 bits per heavy atom. The van der Waals surface area contributed by atoms with Crippen LogP contribution in [0.2, 0.25) is 0 Å². The lowest BCUT2D eigenvalue weighted by atomic mass is 10.1. The summed E-state index contributed by atoms with van der Waals surface area (Å²) in [7, 11) is 3.05. The number of carbonyl (C=O) groups is 1. The third-order valence-electron chi connectivity index (χ3n) is 6.19. The van der Waals surface area contributed by atoms with Gasteiger partial charge < -0.3 is 18.9 Å². The second-order valence-corrected chi connectivity index (χ2v) is 9.97. The fourth-order valence-electron chi connectivity index (χ4n) is 4.19. The number of rotatable bonds is 9. The lowest BCUT2D eigenvalue weighted by Gasteiger charge is -2.20. The van der Waals surface area contributed by atoms with Gasteiger partial charge in [-0.25, -0.2) is 0 Å². The third-order valence-corrected chi connectivity index (χ3v) is 7.15. The molecule has 0 unspecified atom stereocenters. The Kier molecular flexibility index (Phi) is 7.88. The number of thioether (sulfide) groups is 1. The minimum atomic E-state index is -0.518. The predicted molar refractivity (Wildman–Crippen MR) is 157 cm³/mol. The number of hydrogen-bond acceptors (Lipinski definition) is 8. The van der Waals surface area contributed by atoms with E-state index in [1.54, 1.807) is 18.2 Å². The zero-order valence-corrected chi connectivity index (χ0v) is 23.4. The van der Waals surface area contributed by atoms with Gasteiger partial charge in [-0.15, -0.1) is 0 Å². The number of hydrazone groups is 1. The van der Waals surface area contributed by atoms with Crippen molar-refractivity contribution in [2.24, 2.45) is 10.1 Å². The van der Waals surface area contributed by atoms with E-state index in [0.717, 1.165) is 22.4 Å². The molecular formula is C30H28N4O5S. The highest BCUT2D eigenvalue weighted by molar-refractivity contribution is 8.27. The van der Waals surface area contributed by atoms with Gasteiger partial charge in [0.2, 0.25) is 10.9 Å². The van der Waals surface area contributed by atoms with E-state index < -0.39 is 5.91 Å². The Morgan fingerprint density at radius 3 is 2.35 bits per heavy atom. The highest BCUT2D eigenvalue weighted by Crippen LogP contribution is 2.40. The number of carbonyl (C=O) groups excluding carboxylic acids is 1. The Bertz CT molecular complexity index is 1550. The van der Waals surface area contributed by atoms with Crippen LogP contribution in [0.25, 0.3) is 6.08 Å². The molecule has 0 fully saturated rings. The largest absolute Gasteiger partial charge is 0.493 e.